The molecule has 6 rings (SSSR count). The Labute approximate surface area is 152 Å². The van der Waals surface area contributed by atoms with Crippen LogP contribution in [0.1, 0.15) is 45.2 Å². The van der Waals surface area contributed by atoms with Gasteiger partial charge in [0.2, 0.25) is 0 Å². The molecule has 2 atom stereocenters. The van der Waals surface area contributed by atoms with Gasteiger partial charge in [-0.1, -0.05) is 71.7 Å². The van der Waals surface area contributed by atoms with Crippen LogP contribution in [-0.2, 0) is 12.8 Å². The summed E-state index contributed by atoms with van der Waals surface area (Å²) in [6, 6.07) is 21.9. The average molecular weight is 351 g/mol. The van der Waals surface area contributed by atoms with Crippen molar-refractivity contribution in [2.75, 3.05) is 0 Å². The highest BCUT2D eigenvalue weighted by molar-refractivity contribution is 6.42. The molecule has 3 aliphatic rings. The van der Waals surface area contributed by atoms with Gasteiger partial charge < -0.3 is 0 Å². The summed E-state index contributed by atoms with van der Waals surface area (Å²) in [4.78, 5) is 0. The second-order valence-corrected chi connectivity index (χ2v) is 7.62. The number of rotatable bonds is 0. The maximum atomic E-state index is 6.37. The van der Waals surface area contributed by atoms with Crippen LogP contribution in [0, 0.1) is 0 Å². The molecule has 0 spiro atoms. The molecule has 3 aromatic rings. The van der Waals surface area contributed by atoms with Gasteiger partial charge >= 0.3 is 0 Å². The second kappa shape index (κ2) is 5.37. The van der Waals surface area contributed by atoms with Crippen LogP contribution in [0.25, 0.3) is 0 Å². The van der Waals surface area contributed by atoms with E-state index in [9.17, 15) is 0 Å². The fourth-order valence-electron chi connectivity index (χ4n) is 4.50. The predicted molar refractivity (Wildman–Crippen MR) is 100 cm³/mol. The van der Waals surface area contributed by atoms with Gasteiger partial charge in [0, 0.05) is 11.8 Å². The molecule has 3 aromatic carbocycles. The number of benzene rings is 3. The average Bonchev–Trinajstić information content (AvgIpc) is 2.58. The molecular weight excluding hydrogens is 335 g/mol. The lowest BCUT2D eigenvalue weighted by molar-refractivity contribution is 0.654. The monoisotopic (exact) mass is 350 g/mol. The summed E-state index contributed by atoms with van der Waals surface area (Å²) >= 11 is 12.7. The van der Waals surface area contributed by atoms with E-state index in [0.29, 0.717) is 21.9 Å². The van der Waals surface area contributed by atoms with Crippen LogP contribution in [0.15, 0.2) is 60.7 Å². The standard InChI is InChI=1S/C22H16Cl2/c23-21-11-19-17-9-13-5-1-2-6-14(13)10-18(20(19)12-22(21)24)16-8-4-3-7-15(16)17/h1-8,11-12,17-18H,9-10H2. The summed E-state index contributed by atoms with van der Waals surface area (Å²) in [5.41, 5.74) is 8.51. The first-order valence-corrected chi connectivity index (χ1v) is 9.12. The summed E-state index contributed by atoms with van der Waals surface area (Å²) in [6.07, 6.45) is 2.04. The van der Waals surface area contributed by atoms with Crippen molar-refractivity contribution in [1.29, 1.82) is 0 Å². The van der Waals surface area contributed by atoms with Crippen molar-refractivity contribution in [2.24, 2.45) is 0 Å². The molecular formula is C22H16Cl2. The van der Waals surface area contributed by atoms with E-state index in [1.807, 2.05) is 0 Å². The normalized spacial score (nSPS) is 20.6. The van der Waals surface area contributed by atoms with Gasteiger partial charge in [-0.05, 0) is 58.4 Å². The molecule has 0 amide bonds. The van der Waals surface area contributed by atoms with E-state index in [1.165, 1.54) is 33.4 Å². The van der Waals surface area contributed by atoms with Gasteiger partial charge in [-0.25, -0.2) is 0 Å². The third-order valence-electron chi connectivity index (χ3n) is 5.59. The lowest BCUT2D eigenvalue weighted by Gasteiger charge is -2.38. The first-order chi connectivity index (χ1) is 11.7. The van der Waals surface area contributed by atoms with Crippen molar-refractivity contribution in [3.8, 4) is 0 Å². The van der Waals surface area contributed by atoms with Crippen molar-refractivity contribution in [1.82, 2.24) is 0 Å². The van der Waals surface area contributed by atoms with E-state index in [2.05, 4.69) is 60.7 Å². The predicted octanol–water partition coefficient (Wildman–Crippen LogP) is 6.37. The Kier molecular flexibility index (Phi) is 3.26. The van der Waals surface area contributed by atoms with E-state index < -0.39 is 0 Å². The molecule has 2 heteroatoms. The molecule has 24 heavy (non-hydrogen) atoms. The van der Waals surface area contributed by atoms with Gasteiger partial charge in [-0.2, -0.15) is 0 Å². The quantitative estimate of drug-likeness (QED) is 0.441. The third-order valence-corrected chi connectivity index (χ3v) is 6.31. The van der Waals surface area contributed by atoms with Gasteiger partial charge in [0.05, 0.1) is 10.0 Å². The first-order valence-electron chi connectivity index (χ1n) is 8.37. The van der Waals surface area contributed by atoms with Gasteiger partial charge in [-0.3, -0.25) is 0 Å². The maximum absolute atomic E-state index is 6.37. The van der Waals surface area contributed by atoms with E-state index in [4.69, 9.17) is 23.2 Å². The molecule has 0 nitrogen and oxygen atoms in total. The highest BCUT2D eigenvalue weighted by Crippen LogP contribution is 2.49. The number of hydrogen-bond acceptors (Lipinski definition) is 0. The van der Waals surface area contributed by atoms with E-state index in [0.717, 1.165) is 12.8 Å². The molecule has 0 radical (unpaired) electrons. The Morgan fingerprint density at radius 1 is 0.583 bits per heavy atom. The summed E-state index contributed by atoms with van der Waals surface area (Å²) in [7, 11) is 0. The van der Waals surface area contributed by atoms with Crippen LogP contribution >= 0.6 is 23.2 Å². The van der Waals surface area contributed by atoms with Crippen LogP contribution in [0.2, 0.25) is 10.0 Å². The molecule has 0 heterocycles. The molecule has 0 saturated carbocycles. The number of halogens is 2. The Hall–Kier alpha value is -1.76. The Morgan fingerprint density at radius 2 is 1.00 bits per heavy atom. The molecule has 0 saturated heterocycles. The minimum atomic E-state index is 0.351. The minimum absolute atomic E-state index is 0.351. The van der Waals surface area contributed by atoms with Crippen LogP contribution in [0.4, 0.5) is 0 Å². The Balaban J connectivity index is 1.82. The van der Waals surface area contributed by atoms with Crippen LogP contribution < -0.4 is 0 Å². The van der Waals surface area contributed by atoms with Gasteiger partial charge in [0.1, 0.15) is 0 Å². The smallest absolute Gasteiger partial charge is 0.0595 e. The molecule has 0 aliphatic heterocycles. The van der Waals surface area contributed by atoms with Crippen LogP contribution in [0.5, 0.6) is 0 Å². The van der Waals surface area contributed by atoms with E-state index >= 15 is 0 Å². The SMILES string of the molecule is Clc1cc2c(cc1Cl)C1Cc3ccccc3CC2c2ccccc21. The zero-order valence-corrected chi connectivity index (χ0v) is 14.6. The molecule has 3 aliphatic carbocycles. The lowest BCUT2D eigenvalue weighted by Crippen LogP contribution is -2.24. The minimum Gasteiger partial charge on any atom is -0.0827 e. The molecule has 2 bridgehead atoms. The van der Waals surface area contributed by atoms with Gasteiger partial charge in [0.15, 0.2) is 0 Å². The summed E-state index contributed by atoms with van der Waals surface area (Å²) in [6.45, 7) is 0. The lowest BCUT2D eigenvalue weighted by atomic mass is 9.66. The summed E-state index contributed by atoms with van der Waals surface area (Å²) in [5.74, 6) is 0.701. The van der Waals surface area contributed by atoms with Crippen molar-refractivity contribution in [3.05, 3.63) is 104 Å². The molecule has 118 valence electrons. The maximum Gasteiger partial charge on any atom is 0.0595 e. The fourth-order valence-corrected chi connectivity index (χ4v) is 4.84. The zero-order chi connectivity index (χ0) is 16.3. The van der Waals surface area contributed by atoms with Crippen molar-refractivity contribution in [2.45, 2.75) is 24.7 Å². The summed E-state index contributed by atoms with van der Waals surface area (Å²) in [5, 5.41) is 1.32. The van der Waals surface area contributed by atoms with Crippen molar-refractivity contribution >= 4 is 23.2 Å². The molecule has 0 fully saturated rings. The van der Waals surface area contributed by atoms with Crippen LogP contribution in [-0.4, -0.2) is 0 Å². The van der Waals surface area contributed by atoms with E-state index in [1.54, 1.807) is 0 Å². The molecule has 0 aromatic heterocycles. The second-order valence-electron chi connectivity index (χ2n) is 6.81. The molecule has 2 unspecified atom stereocenters. The van der Waals surface area contributed by atoms with Crippen molar-refractivity contribution < 1.29 is 0 Å². The number of hydrogen-bond donors (Lipinski definition) is 0. The van der Waals surface area contributed by atoms with Gasteiger partial charge in [-0.15, -0.1) is 0 Å². The van der Waals surface area contributed by atoms with E-state index in [-0.39, 0.29) is 0 Å². The van der Waals surface area contributed by atoms with Crippen LogP contribution in [0.3, 0.4) is 0 Å². The first kappa shape index (κ1) is 14.6. The highest BCUT2D eigenvalue weighted by Gasteiger charge is 2.35. The largest absolute Gasteiger partial charge is 0.0827 e. The zero-order valence-electron chi connectivity index (χ0n) is 13.1. The van der Waals surface area contributed by atoms with Gasteiger partial charge in [0.25, 0.3) is 0 Å². The topological polar surface area (TPSA) is 0 Å². The Bertz CT molecular complexity index is 881. The Morgan fingerprint density at radius 3 is 1.46 bits per heavy atom. The highest BCUT2D eigenvalue weighted by atomic mass is 35.5. The summed E-state index contributed by atoms with van der Waals surface area (Å²) < 4.78 is 0. The third kappa shape index (κ3) is 2.06. The fraction of sp³-hybridized carbons (Fsp3) is 0.182. The van der Waals surface area contributed by atoms with Crippen molar-refractivity contribution in [3.63, 3.8) is 0 Å². The molecule has 0 N–H and O–H groups in total.